The number of phenols is 2. The number of amides is 2. The molecule has 9 heteroatoms. The van der Waals surface area contributed by atoms with Crippen molar-refractivity contribution in [1.82, 2.24) is 15.8 Å². The smallest absolute Gasteiger partial charge is 0.274 e. The molecule has 0 aliphatic rings. The molecule has 0 saturated heterocycles. The standard InChI is InChI=1S/C25H30N4O5/c1-4-28-25(33)23-22(16-7-5-15(6-8-16)13-27-10-9-21(26)32)24(34-29-23)18-11-17(14(2)3)19(30)12-20(18)31/h5-8,11-12,14,27,30-31H,4,9-10,13H2,1-3H3,(H2,26,32)(H,28,33). The Morgan fingerprint density at radius 3 is 2.44 bits per heavy atom. The van der Waals surface area contributed by atoms with Gasteiger partial charge in [0.2, 0.25) is 5.91 Å². The summed E-state index contributed by atoms with van der Waals surface area (Å²) in [5.74, 6) is -0.736. The van der Waals surface area contributed by atoms with E-state index in [2.05, 4.69) is 15.8 Å². The number of nitrogens with zero attached hydrogens (tertiary/aromatic N) is 1. The van der Waals surface area contributed by atoms with Crippen LogP contribution in [0.2, 0.25) is 0 Å². The van der Waals surface area contributed by atoms with E-state index in [0.29, 0.717) is 41.9 Å². The first-order chi connectivity index (χ1) is 16.2. The highest BCUT2D eigenvalue weighted by Gasteiger charge is 2.27. The molecule has 0 atom stereocenters. The molecule has 0 spiro atoms. The summed E-state index contributed by atoms with van der Waals surface area (Å²) in [4.78, 5) is 23.6. The summed E-state index contributed by atoms with van der Waals surface area (Å²) in [5, 5.41) is 30.7. The first-order valence-electron chi connectivity index (χ1n) is 11.1. The summed E-state index contributed by atoms with van der Waals surface area (Å²) < 4.78 is 5.58. The van der Waals surface area contributed by atoms with Crippen molar-refractivity contribution < 1.29 is 24.3 Å². The third-order valence-corrected chi connectivity index (χ3v) is 5.38. The van der Waals surface area contributed by atoms with E-state index >= 15 is 0 Å². The molecule has 6 N–H and O–H groups in total. The fraction of sp³-hybridized carbons (Fsp3) is 0.320. The van der Waals surface area contributed by atoms with Gasteiger partial charge in [-0.2, -0.15) is 0 Å². The maximum Gasteiger partial charge on any atom is 0.274 e. The average Bonchev–Trinajstić information content (AvgIpc) is 3.22. The van der Waals surface area contributed by atoms with Crippen LogP contribution in [0.15, 0.2) is 40.9 Å². The number of carbonyl (C=O) groups is 2. The van der Waals surface area contributed by atoms with E-state index in [9.17, 15) is 19.8 Å². The van der Waals surface area contributed by atoms with E-state index in [0.717, 1.165) is 5.56 Å². The van der Waals surface area contributed by atoms with Crippen LogP contribution >= 0.6 is 0 Å². The average molecular weight is 467 g/mol. The molecule has 0 bridgehead atoms. The molecule has 180 valence electrons. The summed E-state index contributed by atoms with van der Waals surface area (Å²) in [6.45, 7) is 7.09. The minimum absolute atomic E-state index is 0.00469. The zero-order valence-electron chi connectivity index (χ0n) is 19.5. The summed E-state index contributed by atoms with van der Waals surface area (Å²) in [6.07, 6.45) is 0.256. The van der Waals surface area contributed by atoms with E-state index < -0.39 is 5.91 Å². The van der Waals surface area contributed by atoms with Crippen molar-refractivity contribution in [3.8, 4) is 33.9 Å². The van der Waals surface area contributed by atoms with Gasteiger partial charge in [-0.25, -0.2) is 0 Å². The second-order valence-electron chi connectivity index (χ2n) is 8.27. The normalized spacial score (nSPS) is 11.1. The number of phenolic OH excluding ortho intramolecular Hbond substituents is 2. The number of aromatic hydroxyl groups is 2. The number of hydrogen-bond acceptors (Lipinski definition) is 7. The van der Waals surface area contributed by atoms with E-state index in [1.165, 1.54) is 6.07 Å². The number of primary amides is 1. The number of benzene rings is 2. The molecule has 9 nitrogen and oxygen atoms in total. The van der Waals surface area contributed by atoms with Crippen LogP contribution in [0.1, 0.15) is 54.7 Å². The predicted octanol–water partition coefficient (Wildman–Crippen LogP) is 3.26. The SMILES string of the molecule is CCNC(=O)c1noc(-c2cc(C(C)C)c(O)cc2O)c1-c1ccc(CNCCC(N)=O)cc1. The van der Waals surface area contributed by atoms with Gasteiger partial charge in [-0.3, -0.25) is 9.59 Å². The Morgan fingerprint density at radius 1 is 1.12 bits per heavy atom. The van der Waals surface area contributed by atoms with E-state index in [4.69, 9.17) is 10.3 Å². The van der Waals surface area contributed by atoms with E-state index in [-0.39, 0.29) is 41.2 Å². The zero-order valence-corrected chi connectivity index (χ0v) is 19.5. The molecule has 0 aliphatic carbocycles. The van der Waals surface area contributed by atoms with Crippen LogP contribution in [0, 0.1) is 0 Å². The van der Waals surface area contributed by atoms with Gasteiger partial charge in [0.25, 0.3) is 5.91 Å². The maximum atomic E-state index is 12.7. The first kappa shape index (κ1) is 24.8. The van der Waals surface area contributed by atoms with Crippen LogP contribution < -0.4 is 16.4 Å². The minimum Gasteiger partial charge on any atom is -0.508 e. The van der Waals surface area contributed by atoms with Crippen molar-refractivity contribution in [3.63, 3.8) is 0 Å². The number of hydrogen-bond donors (Lipinski definition) is 5. The fourth-order valence-corrected chi connectivity index (χ4v) is 3.61. The summed E-state index contributed by atoms with van der Waals surface area (Å²) >= 11 is 0. The van der Waals surface area contributed by atoms with Gasteiger partial charge in [0.05, 0.1) is 11.1 Å². The van der Waals surface area contributed by atoms with Crippen molar-refractivity contribution >= 4 is 11.8 Å². The Morgan fingerprint density at radius 2 is 1.82 bits per heavy atom. The van der Waals surface area contributed by atoms with Gasteiger partial charge < -0.3 is 31.1 Å². The van der Waals surface area contributed by atoms with Gasteiger partial charge in [-0.1, -0.05) is 43.3 Å². The van der Waals surface area contributed by atoms with Crippen molar-refractivity contribution in [2.24, 2.45) is 5.73 Å². The van der Waals surface area contributed by atoms with Gasteiger partial charge in [-0.15, -0.1) is 0 Å². The van der Waals surface area contributed by atoms with Gasteiger partial charge in [0.15, 0.2) is 11.5 Å². The lowest BCUT2D eigenvalue weighted by Crippen LogP contribution is -2.23. The fourth-order valence-electron chi connectivity index (χ4n) is 3.61. The summed E-state index contributed by atoms with van der Waals surface area (Å²) in [7, 11) is 0. The largest absolute Gasteiger partial charge is 0.508 e. The maximum absolute atomic E-state index is 12.7. The first-order valence-corrected chi connectivity index (χ1v) is 11.1. The molecule has 0 fully saturated rings. The predicted molar refractivity (Wildman–Crippen MR) is 128 cm³/mol. The van der Waals surface area contributed by atoms with Gasteiger partial charge in [-0.05, 0) is 35.6 Å². The monoisotopic (exact) mass is 466 g/mol. The number of aromatic nitrogens is 1. The lowest BCUT2D eigenvalue weighted by atomic mass is 9.94. The van der Waals surface area contributed by atoms with Crippen LogP contribution in [-0.2, 0) is 11.3 Å². The van der Waals surface area contributed by atoms with Crippen molar-refractivity contribution in [3.05, 3.63) is 53.2 Å². The highest BCUT2D eigenvalue weighted by molar-refractivity contribution is 6.02. The molecule has 0 saturated carbocycles. The second kappa shape index (κ2) is 10.8. The number of nitrogens with two attached hydrogens (primary N) is 1. The van der Waals surface area contributed by atoms with Crippen LogP contribution in [0.4, 0.5) is 0 Å². The van der Waals surface area contributed by atoms with Crippen LogP contribution in [0.25, 0.3) is 22.5 Å². The Bertz CT molecular complexity index is 1170. The lowest BCUT2D eigenvalue weighted by molar-refractivity contribution is -0.117. The molecule has 0 radical (unpaired) electrons. The Balaban J connectivity index is 2.03. The lowest BCUT2D eigenvalue weighted by Gasteiger charge is -2.12. The van der Waals surface area contributed by atoms with Gasteiger partial charge in [0.1, 0.15) is 11.5 Å². The molecule has 1 aromatic heterocycles. The Hall–Kier alpha value is -3.85. The molecular weight excluding hydrogens is 436 g/mol. The third-order valence-electron chi connectivity index (χ3n) is 5.38. The Labute approximate surface area is 198 Å². The molecule has 3 aromatic rings. The van der Waals surface area contributed by atoms with Crippen molar-refractivity contribution in [1.29, 1.82) is 0 Å². The molecule has 1 heterocycles. The van der Waals surface area contributed by atoms with Gasteiger partial charge >= 0.3 is 0 Å². The van der Waals surface area contributed by atoms with E-state index in [1.54, 1.807) is 13.0 Å². The number of nitrogens with one attached hydrogen (secondary N) is 2. The van der Waals surface area contributed by atoms with Crippen LogP contribution in [0.3, 0.4) is 0 Å². The minimum atomic E-state index is -0.396. The molecule has 34 heavy (non-hydrogen) atoms. The topological polar surface area (TPSA) is 151 Å². The van der Waals surface area contributed by atoms with Crippen molar-refractivity contribution in [2.75, 3.05) is 13.1 Å². The molecule has 3 rings (SSSR count). The summed E-state index contributed by atoms with van der Waals surface area (Å²) in [5.41, 5.74) is 8.31. The molecule has 2 aromatic carbocycles. The van der Waals surface area contributed by atoms with Crippen LogP contribution in [-0.4, -0.2) is 40.3 Å². The number of carbonyl (C=O) groups excluding carboxylic acids is 2. The molecule has 0 unspecified atom stereocenters. The highest BCUT2D eigenvalue weighted by atomic mass is 16.5. The zero-order chi connectivity index (χ0) is 24.8. The highest BCUT2D eigenvalue weighted by Crippen LogP contribution is 2.43. The summed E-state index contributed by atoms with van der Waals surface area (Å²) in [6, 6.07) is 10.4. The molecule has 2 amide bonds. The molecular formula is C25H30N4O5. The molecule has 0 aliphatic heterocycles. The van der Waals surface area contributed by atoms with Crippen LogP contribution in [0.5, 0.6) is 11.5 Å². The quantitative estimate of drug-likeness (QED) is 0.288. The third kappa shape index (κ3) is 5.55. The number of rotatable bonds is 10. The van der Waals surface area contributed by atoms with Crippen molar-refractivity contribution in [2.45, 2.75) is 39.7 Å². The Kier molecular flexibility index (Phi) is 7.91. The van der Waals surface area contributed by atoms with E-state index in [1.807, 2.05) is 38.1 Å². The second-order valence-corrected chi connectivity index (χ2v) is 8.27. The van der Waals surface area contributed by atoms with Gasteiger partial charge in [0, 0.05) is 32.1 Å².